The Labute approximate surface area is 106 Å². The number of hydrogen-bond donors (Lipinski definition) is 1. The first kappa shape index (κ1) is 12.0. The van der Waals surface area contributed by atoms with Crippen molar-refractivity contribution in [3.8, 4) is 11.5 Å². The number of aryl methyl sites for hydroxylation is 1. The Hall–Kier alpha value is -1.51. The van der Waals surface area contributed by atoms with Crippen molar-refractivity contribution in [3.63, 3.8) is 0 Å². The lowest BCUT2D eigenvalue weighted by Gasteiger charge is -2.10. The zero-order chi connectivity index (χ0) is 12.3. The minimum Gasteiger partial charge on any atom is -0.457 e. The molecule has 0 atom stereocenters. The summed E-state index contributed by atoms with van der Waals surface area (Å²) >= 11 is 5.82. The summed E-state index contributed by atoms with van der Waals surface area (Å²) in [7, 11) is 0. The smallest absolute Gasteiger partial charge is 0.131 e. The van der Waals surface area contributed by atoms with E-state index in [1.54, 1.807) is 12.1 Å². The molecule has 0 amide bonds. The lowest BCUT2D eigenvalue weighted by molar-refractivity contribution is 0.476. The van der Waals surface area contributed by atoms with E-state index in [1.165, 1.54) is 5.56 Å². The number of rotatable bonds is 3. The Morgan fingerprint density at radius 1 is 1.12 bits per heavy atom. The van der Waals surface area contributed by atoms with Gasteiger partial charge in [0, 0.05) is 17.1 Å². The van der Waals surface area contributed by atoms with Gasteiger partial charge in [-0.15, -0.1) is 0 Å². The van der Waals surface area contributed by atoms with Crippen LogP contribution in [0, 0.1) is 6.92 Å². The van der Waals surface area contributed by atoms with Crippen LogP contribution in [0.5, 0.6) is 11.5 Å². The van der Waals surface area contributed by atoms with E-state index < -0.39 is 0 Å². The summed E-state index contributed by atoms with van der Waals surface area (Å²) in [6.45, 7) is 2.50. The number of benzene rings is 2. The van der Waals surface area contributed by atoms with Gasteiger partial charge >= 0.3 is 0 Å². The van der Waals surface area contributed by atoms with Gasteiger partial charge in [-0.25, -0.2) is 0 Å². The Morgan fingerprint density at radius 2 is 1.82 bits per heavy atom. The topological polar surface area (TPSA) is 35.2 Å². The van der Waals surface area contributed by atoms with Gasteiger partial charge in [0.05, 0.1) is 0 Å². The standard InChI is InChI=1S/C14H14ClNO/c1-10-2-7-14(11(8-10)9-16)17-13-5-3-12(15)4-6-13/h2-8H,9,16H2,1H3. The molecule has 0 heterocycles. The van der Waals surface area contributed by atoms with E-state index in [0.717, 1.165) is 17.1 Å². The van der Waals surface area contributed by atoms with Gasteiger partial charge in [-0.2, -0.15) is 0 Å². The fourth-order valence-electron chi connectivity index (χ4n) is 1.60. The van der Waals surface area contributed by atoms with E-state index in [1.807, 2.05) is 37.3 Å². The number of ether oxygens (including phenoxy) is 1. The molecule has 0 radical (unpaired) electrons. The van der Waals surface area contributed by atoms with Crippen molar-refractivity contribution in [1.82, 2.24) is 0 Å². The highest BCUT2D eigenvalue weighted by molar-refractivity contribution is 6.30. The van der Waals surface area contributed by atoms with Crippen LogP contribution in [-0.2, 0) is 6.54 Å². The Morgan fingerprint density at radius 3 is 2.47 bits per heavy atom. The highest BCUT2D eigenvalue weighted by Crippen LogP contribution is 2.26. The predicted octanol–water partition coefficient (Wildman–Crippen LogP) is 3.90. The SMILES string of the molecule is Cc1ccc(Oc2ccc(Cl)cc2)c(CN)c1. The zero-order valence-electron chi connectivity index (χ0n) is 9.61. The first-order valence-electron chi connectivity index (χ1n) is 5.42. The molecular formula is C14H14ClNO. The summed E-state index contributed by atoms with van der Waals surface area (Å²) < 4.78 is 5.77. The first-order valence-corrected chi connectivity index (χ1v) is 5.80. The maximum atomic E-state index is 5.82. The van der Waals surface area contributed by atoms with E-state index in [2.05, 4.69) is 0 Å². The summed E-state index contributed by atoms with van der Waals surface area (Å²) in [4.78, 5) is 0. The van der Waals surface area contributed by atoms with Crippen molar-refractivity contribution < 1.29 is 4.74 Å². The van der Waals surface area contributed by atoms with Gasteiger partial charge in [0.15, 0.2) is 0 Å². The van der Waals surface area contributed by atoms with Crippen LogP contribution >= 0.6 is 11.6 Å². The van der Waals surface area contributed by atoms with Crippen molar-refractivity contribution in [2.24, 2.45) is 5.73 Å². The molecule has 0 aliphatic carbocycles. The quantitative estimate of drug-likeness (QED) is 0.893. The Kier molecular flexibility index (Phi) is 3.67. The fourth-order valence-corrected chi connectivity index (χ4v) is 1.72. The third-order valence-electron chi connectivity index (χ3n) is 2.48. The number of hydrogen-bond acceptors (Lipinski definition) is 2. The summed E-state index contributed by atoms with van der Waals surface area (Å²) in [6.07, 6.45) is 0. The monoisotopic (exact) mass is 247 g/mol. The minimum absolute atomic E-state index is 0.463. The first-order chi connectivity index (χ1) is 8.19. The van der Waals surface area contributed by atoms with Crippen LogP contribution in [0.25, 0.3) is 0 Å². The van der Waals surface area contributed by atoms with Gasteiger partial charge in [0.1, 0.15) is 11.5 Å². The number of halogens is 1. The van der Waals surface area contributed by atoms with Crippen LogP contribution in [0.15, 0.2) is 42.5 Å². The predicted molar refractivity (Wildman–Crippen MR) is 70.6 cm³/mol. The molecule has 2 rings (SSSR count). The molecule has 17 heavy (non-hydrogen) atoms. The highest BCUT2D eigenvalue weighted by Gasteiger charge is 2.04. The summed E-state index contributed by atoms with van der Waals surface area (Å²) in [5.74, 6) is 1.55. The molecule has 0 aromatic heterocycles. The molecule has 0 aliphatic heterocycles. The fraction of sp³-hybridized carbons (Fsp3) is 0.143. The molecule has 2 aromatic rings. The van der Waals surface area contributed by atoms with Crippen molar-refractivity contribution in [3.05, 3.63) is 58.6 Å². The largest absolute Gasteiger partial charge is 0.457 e. The van der Waals surface area contributed by atoms with Crippen LogP contribution in [-0.4, -0.2) is 0 Å². The van der Waals surface area contributed by atoms with Gasteiger partial charge < -0.3 is 10.5 Å². The second-order valence-electron chi connectivity index (χ2n) is 3.87. The van der Waals surface area contributed by atoms with Gasteiger partial charge in [-0.3, -0.25) is 0 Å². The summed E-state index contributed by atoms with van der Waals surface area (Å²) in [5.41, 5.74) is 7.87. The molecule has 3 heteroatoms. The van der Waals surface area contributed by atoms with Gasteiger partial charge in [-0.1, -0.05) is 29.3 Å². The maximum Gasteiger partial charge on any atom is 0.131 e. The van der Waals surface area contributed by atoms with Gasteiger partial charge in [0.25, 0.3) is 0 Å². The van der Waals surface area contributed by atoms with Gasteiger partial charge in [-0.05, 0) is 37.3 Å². The van der Waals surface area contributed by atoms with Crippen LogP contribution < -0.4 is 10.5 Å². The molecule has 0 bridgehead atoms. The molecule has 2 aromatic carbocycles. The second-order valence-corrected chi connectivity index (χ2v) is 4.31. The normalized spacial score (nSPS) is 10.3. The molecule has 2 N–H and O–H groups in total. The minimum atomic E-state index is 0.463. The van der Waals surface area contributed by atoms with Crippen molar-refractivity contribution >= 4 is 11.6 Å². The molecule has 0 fully saturated rings. The zero-order valence-corrected chi connectivity index (χ0v) is 10.4. The molecule has 0 saturated carbocycles. The summed E-state index contributed by atoms with van der Waals surface area (Å²) in [6, 6.07) is 13.2. The third kappa shape index (κ3) is 2.99. The van der Waals surface area contributed by atoms with E-state index in [0.29, 0.717) is 11.6 Å². The average molecular weight is 248 g/mol. The second kappa shape index (κ2) is 5.21. The lowest BCUT2D eigenvalue weighted by Crippen LogP contribution is -1.99. The third-order valence-corrected chi connectivity index (χ3v) is 2.73. The van der Waals surface area contributed by atoms with Crippen molar-refractivity contribution in [2.45, 2.75) is 13.5 Å². The highest BCUT2D eigenvalue weighted by atomic mass is 35.5. The molecule has 0 aliphatic rings. The van der Waals surface area contributed by atoms with Gasteiger partial charge in [0.2, 0.25) is 0 Å². The van der Waals surface area contributed by atoms with Crippen LogP contribution in [0.4, 0.5) is 0 Å². The van der Waals surface area contributed by atoms with Crippen molar-refractivity contribution in [1.29, 1.82) is 0 Å². The van der Waals surface area contributed by atoms with Crippen LogP contribution in [0.3, 0.4) is 0 Å². The molecule has 2 nitrogen and oxygen atoms in total. The maximum absolute atomic E-state index is 5.82. The molecule has 0 unspecified atom stereocenters. The molecular weight excluding hydrogens is 234 g/mol. The van der Waals surface area contributed by atoms with Crippen molar-refractivity contribution in [2.75, 3.05) is 0 Å². The van der Waals surface area contributed by atoms with E-state index in [-0.39, 0.29) is 0 Å². The van der Waals surface area contributed by atoms with Crippen LogP contribution in [0.2, 0.25) is 5.02 Å². The molecule has 88 valence electrons. The lowest BCUT2D eigenvalue weighted by atomic mass is 10.1. The number of nitrogens with two attached hydrogens (primary N) is 1. The average Bonchev–Trinajstić information content (AvgIpc) is 2.34. The Bertz CT molecular complexity index is 508. The van der Waals surface area contributed by atoms with Crippen LogP contribution in [0.1, 0.15) is 11.1 Å². The molecule has 0 spiro atoms. The molecule has 0 saturated heterocycles. The summed E-state index contributed by atoms with van der Waals surface area (Å²) in [5, 5.41) is 0.695. The Balaban J connectivity index is 2.26. The van der Waals surface area contributed by atoms with E-state index >= 15 is 0 Å². The van der Waals surface area contributed by atoms with E-state index in [9.17, 15) is 0 Å². The van der Waals surface area contributed by atoms with E-state index in [4.69, 9.17) is 22.1 Å².